The highest BCUT2D eigenvalue weighted by atomic mass is 16.3. The Bertz CT molecular complexity index is 249. The van der Waals surface area contributed by atoms with Gasteiger partial charge in [0.15, 0.2) is 0 Å². The molecule has 1 heterocycles. The first-order valence-electron chi connectivity index (χ1n) is 5.67. The molecule has 2 rings (SSSR count). The molecule has 14 heavy (non-hydrogen) atoms. The maximum Gasteiger partial charge on any atom is 0.0950 e. The standard InChI is InChI=1S/C12H19NO/c1-2-13-12(10-5-3-4-6-10)11-7-8-14-9-11/h7-10,12-13H,2-6H2,1H3. The average Bonchev–Trinajstić information content (AvgIpc) is 2.87. The van der Waals surface area contributed by atoms with Crippen LogP contribution in [0.5, 0.6) is 0 Å². The summed E-state index contributed by atoms with van der Waals surface area (Å²) in [6, 6.07) is 2.60. The first-order chi connectivity index (χ1) is 6.92. The molecule has 0 aliphatic heterocycles. The van der Waals surface area contributed by atoms with E-state index in [2.05, 4.69) is 18.3 Å². The third-order valence-electron chi connectivity index (χ3n) is 3.20. The summed E-state index contributed by atoms with van der Waals surface area (Å²) < 4.78 is 5.16. The molecule has 1 aromatic heterocycles. The molecule has 1 saturated carbocycles. The van der Waals surface area contributed by atoms with E-state index in [4.69, 9.17) is 4.42 Å². The van der Waals surface area contributed by atoms with Crippen LogP contribution in [-0.2, 0) is 0 Å². The van der Waals surface area contributed by atoms with E-state index in [1.54, 1.807) is 6.26 Å². The third-order valence-corrected chi connectivity index (χ3v) is 3.20. The monoisotopic (exact) mass is 193 g/mol. The van der Waals surface area contributed by atoms with Crippen LogP contribution in [0.25, 0.3) is 0 Å². The summed E-state index contributed by atoms with van der Waals surface area (Å²) in [5.74, 6) is 0.813. The van der Waals surface area contributed by atoms with Crippen molar-refractivity contribution in [1.29, 1.82) is 0 Å². The topological polar surface area (TPSA) is 25.2 Å². The van der Waals surface area contributed by atoms with Crippen molar-refractivity contribution in [2.45, 2.75) is 38.6 Å². The zero-order valence-corrected chi connectivity index (χ0v) is 8.83. The summed E-state index contributed by atoms with van der Waals surface area (Å²) in [7, 11) is 0. The SMILES string of the molecule is CCNC(c1ccoc1)C1CCCC1. The molecule has 1 aromatic rings. The van der Waals surface area contributed by atoms with Crippen LogP contribution in [0, 0.1) is 5.92 Å². The normalized spacial score (nSPS) is 20.1. The molecule has 2 nitrogen and oxygen atoms in total. The summed E-state index contributed by atoms with van der Waals surface area (Å²) >= 11 is 0. The fraction of sp³-hybridized carbons (Fsp3) is 0.667. The molecular formula is C12H19NO. The van der Waals surface area contributed by atoms with E-state index in [1.165, 1.54) is 31.2 Å². The van der Waals surface area contributed by atoms with Gasteiger partial charge in [0.25, 0.3) is 0 Å². The Balaban J connectivity index is 2.06. The highest BCUT2D eigenvalue weighted by Gasteiger charge is 2.25. The minimum absolute atomic E-state index is 0.515. The zero-order valence-electron chi connectivity index (χ0n) is 8.83. The van der Waals surface area contributed by atoms with Gasteiger partial charge in [0.2, 0.25) is 0 Å². The first kappa shape index (κ1) is 9.78. The Morgan fingerprint density at radius 3 is 2.86 bits per heavy atom. The molecule has 78 valence electrons. The molecule has 0 radical (unpaired) electrons. The molecule has 2 heteroatoms. The van der Waals surface area contributed by atoms with Gasteiger partial charge in [0, 0.05) is 11.6 Å². The molecule has 0 amide bonds. The number of hydrogen-bond acceptors (Lipinski definition) is 2. The number of nitrogens with one attached hydrogen (secondary N) is 1. The van der Waals surface area contributed by atoms with Crippen molar-refractivity contribution in [2.75, 3.05) is 6.54 Å². The van der Waals surface area contributed by atoms with Crippen LogP contribution in [0.3, 0.4) is 0 Å². The van der Waals surface area contributed by atoms with Gasteiger partial charge in [-0.15, -0.1) is 0 Å². The Morgan fingerprint density at radius 2 is 2.29 bits per heavy atom. The van der Waals surface area contributed by atoms with Gasteiger partial charge >= 0.3 is 0 Å². The Morgan fingerprint density at radius 1 is 1.50 bits per heavy atom. The van der Waals surface area contributed by atoms with Gasteiger partial charge in [-0.3, -0.25) is 0 Å². The number of hydrogen-bond donors (Lipinski definition) is 1. The molecule has 0 bridgehead atoms. The number of rotatable bonds is 4. The van der Waals surface area contributed by atoms with E-state index in [0.717, 1.165) is 12.5 Å². The van der Waals surface area contributed by atoms with Crippen molar-refractivity contribution in [3.05, 3.63) is 24.2 Å². The van der Waals surface area contributed by atoms with Gasteiger partial charge in [-0.05, 0) is 31.4 Å². The molecule has 1 aliphatic carbocycles. The summed E-state index contributed by atoms with van der Waals surface area (Å²) in [5, 5.41) is 3.57. The highest BCUT2D eigenvalue weighted by molar-refractivity contribution is 5.13. The van der Waals surface area contributed by atoms with Gasteiger partial charge in [-0.25, -0.2) is 0 Å². The van der Waals surface area contributed by atoms with Crippen molar-refractivity contribution in [3.63, 3.8) is 0 Å². The smallest absolute Gasteiger partial charge is 0.0950 e. The predicted octanol–water partition coefficient (Wildman–Crippen LogP) is 3.12. The van der Waals surface area contributed by atoms with Crippen LogP contribution >= 0.6 is 0 Å². The maximum absolute atomic E-state index is 5.16. The lowest BCUT2D eigenvalue weighted by Gasteiger charge is -2.22. The minimum Gasteiger partial charge on any atom is -0.472 e. The zero-order chi connectivity index (χ0) is 9.80. The average molecular weight is 193 g/mol. The van der Waals surface area contributed by atoms with Crippen molar-refractivity contribution < 1.29 is 4.42 Å². The van der Waals surface area contributed by atoms with Crippen molar-refractivity contribution in [1.82, 2.24) is 5.32 Å². The van der Waals surface area contributed by atoms with Gasteiger partial charge < -0.3 is 9.73 Å². The molecule has 0 saturated heterocycles. The van der Waals surface area contributed by atoms with Gasteiger partial charge in [0.1, 0.15) is 0 Å². The van der Waals surface area contributed by atoms with E-state index in [0.29, 0.717) is 6.04 Å². The molecule has 0 spiro atoms. The Hall–Kier alpha value is -0.760. The van der Waals surface area contributed by atoms with Gasteiger partial charge in [-0.2, -0.15) is 0 Å². The lowest BCUT2D eigenvalue weighted by Crippen LogP contribution is -2.26. The summed E-state index contributed by atoms with van der Waals surface area (Å²) in [6.45, 7) is 3.20. The Kier molecular flexibility index (Phi) is 3.25. The molecule has 1 atom stereocenters. The van der Waals surface area contributed by atoms with E-state index >= 15 is 0 Å². The van der Waals surface area contributed by atoms with E-state index < -0.39 is 0 Å². The lowest BCUT2D eigenvalue weighted by molar-refractivity contribution is 0.371. The van der Waals surface area contributed by atoms with Gasteiger partial charge in [-0.1, -0.05) is 19.8 Å². The first-order valence-corrected chi connectivity index (χ1v) is 5.67. The molecule has 1 N–H and O–H groups in total. The van der Waals surface area contributed by atoms with Crippen LogP contribution in [0.1, 0.15) is 44.2 Å². The van der Waals surface area contributed by atoms with Crippen LogP contribution in [-0.4, -0.2) is 6.54 Å². The van der Waals surface area contributed by atoms with Crippen LogP contribution < -0.4 is 5.32 Å². The van der Waals surface area contributed by atoms with Crippen LogP contribution in [0.2, 0.25) is 0 Å². The molecule has 1 unspecified atom stereocenters. The van der Waals surface area contributed by atoms with Crippen LogP contribution in [0.15, 0.2) is 23.0 Å². The van der Waals surface area contributed by atoms with E-state index in [-0.39, 0.29) is 0 Å². The summed E-state index contributed by atoms with van der Waals surface area (Å²) in [4.78, 5) is 0. The van der Waals surface area contributed by atoms with E-state index in [1.807, 2.05) is 6.26 Å². The summed E-state index contributed by atoms with van der Waals surface area (Å²) in [5.41, 5.74) is 1.32. The van der Waals surface area contributed by atoms with E-state index in [9.17, 15) is 0 Å². The quantitative estimate of drug-likeness (QED) is 0.794. The predicted molar refractivity (Wildman–Crippen MR) is 57.1 cm³/mol. The second-order valence-electron chi connectivity index (χ2n) is 4.14. The fourth-order valence-corrected chi connectivity index (χ4v) is 2.52. The molecule has 1 fully saturated rings. The van der Waals surface area contributed by atoms with Crippen molar-refractivity contribution in [3.8, 4) is 0 Å². The molecule has 1 aliphatic rings. The Labute approximate surface area is 85.7 Å². The van der Waals surface area contributed by atoms with Crippen molar-refractivity contribution in [2.24, 2.45) is 5.92 Å². The lowest BCUT2D eigenvalue weighted by atomic mass is 9.93. The maximum atomic E-state index is 5.16. The van der Waals surface area contributed by atoms with Crippen LogP contribution in [0.4, 0.5) is 0 Å². The number of furan rings is 1. The molecular weight excluding hydrogens is 174 g/mol. The molecule has 0 aromatic carbocycles. The second kappa shape index (κ2) is 4.65. The largest absolute Gasteiger partial charge is 0.472 e. The second-order valence-corrected chi connectivity index (χ2v) is 4.14. The van der Waals surface area contributed by atoms with Gasteiger partial charge in [0.05, 0.1) is 12.5 Å². The highest BCUT2D eigenvalue weighted by Crippen LogP contribution is 2.35. The van der Waals surface area contributed by atoms with Crippen molar-refractivity contribution >= 4 is 0 Å². The fourth-order valence-electron chi connectivity index (χ4n) is 2.52. The third kappa shape index (κ3) is 2.01. The minimum atomic E-state index is 0.515. The summed E-state index contributed by atoms with van der Waals surface area (Å²) in [6.07, 6.45) is 9.17.